The molecule has 2 fully saturated rings. The van der Waals surface area contributed by atoms with Gasteiger partial charge in [-0.15, -0.1) is 0 Å². The van der Waals surface area contributed by atoms with Gasteiger partial charge >= 0.3 is 0 Å². The molecule has 6 nitrogen and oxygen atoms in total. The number of benzene rings is 3. The average Bonchev–Trinajstić information content (AvgIpc) is 3.36. The summed E-state index contributed by atoms with van der Waals surface area (Å²) in [6.45, 7) is 1.82. The second-order valence-electron chi connectivity index (χ2n) is 9.54. The monoisotopic (exact) mass is 474 g/mol. The fraction of sp³-hybridized carbons (Fsp3) is 0.379. The predicted molar refractivity (Wildman–Crippen MR) is 136 cm³/mol. The summed E-state index contributed by atoms with van der Waals surface area (Å²) < 4.78 is 13.4. The first-order valence-electron chi connectivity index (χ1n) is 12.4. The van der Waals surface area contributed by atoms with Crippen LogP contribution in [0.5, 0.6) is 0 Å². The van der Waals surface area contributed by atoms with Gasteiger partial charge < -0.3 is 25.4 Å². The smallest absolute Gasteiger partial charge is 0.185 e. The van der Waals surface area contributed by atoms with Gasteiger partial charge in [-0.1, -0.05) is 66.7 Å². The molecule has 2 saturated heterocycles. The number of nitrogens with zero attached hydrogens (tertiary/aromatic N) is 1. The Balaban J connectivity index is 1.55. The minimum atomic E-state index is -0.568. The summed E-state index contributed by atoms with van der Waals surface area (Å²) in [6, 6.07) is 26.2. The second kappa shape index (κ2) is 10.9. The van der Waals surface area contributed by atoms with E-state index in [2.05, 4.69) is 29.2 Å². The van der Waals surface area contributed by atoms with Crippen LogP contribution in [0.1, 0.15) is 53.4 Å². The molecular weight excluding hydrogens is 440 g/mol. The Morgan fingerprint density at radius 2 is 1.63 bits per heavy atom. The Morgan fingerprint density at radius 1 is 0.857 bits per heavy atom. The van der Waals surface area contributed by atoms with Gasteiger partial charge in [0.2, 0.25) is 0 Å². The minimum Gasteiger partial charge on any atom is -0.399 e. The molecule has 2 aliphatic heterocycles. The number of likely N-dealkylation sites (tertiary alicyclic amines) is 1. The van der Waals surface area contributed by atoms with Crippen LogP contribution in [0.25, 0.3) is 0 Å². The highest BCUT2D eigenvalue weighted by Gasteiger charge is 2.43. The van der Waals surface area contributed by atoms with Crippen LogP contribution in [0.3, 0.4) is 0 Å². The zero-order valence-electron chi connectivity index (χ0n) is 19.9. The maximum Gasteiger partial charge on any atom is 0.185 e. The first kappa shape index (κ1) is 24.0. The summed E-state index contributed by atoms with van der Waals surface area (Å²) in [6.07, 6.45) is 1.09. The number of ether oxygens (including phenoxy) is 2. The third-order valence-corrected chi connectivity index (χ3v) is 7.28. The van der Waals surface area contributed by atoms with Crippen LogP contribution in [0.4, 0.5) is 5.69 Å². The van der Waals surface area contributed by atoms with Crippen molar-refractivity contribution in [1.82, 2.24) is 4.90 Å². The highest BCUT2D eigenvalue weighted by Crippen LogP contribution is 2.47. The van der Waals surface area contributed by atoms with E-state index in [4.69, 9.17) is 15.2 Å². The van der Waals surface area contributed by atoms with E-state index < -0.39 is 6.29 Å². The van der Waals surface area contributed by atoms with E-state index in [1.807, 2.05) is 54.6 Å². The van der Waals surface area contributed by atoms with E-state index in [0.717, 1.165) is 41.6 Å². The standard InChI is InChI=1S/C29H34N2O4/c30-24-9-4-8-23(16-24)29-34-26(17-31-15-5-10-25(31)19-33)27(21-6-2-1-3-7-21)28(35-29)22-13-11-20(18-32)12-14-22/h1-4,6-9,11-14,16,25-29,32-33H,5,10,15,17-19,30H2. The van der Waals surface area contributed by atoms with Gasteiger partial charge in [0.15, 0.2) is 6.29 Å². The third kappa shape index (κ3) is 5.27. The molecule has 0 aromatic heterocycles. The largest absolute Gasteiger partial charge is 0.399 e. The molecule has 5 atom stereocenters. The van der Waals surface area contributed by atoms with Crippen LogP contribution >= 0.6 is 0 Å². The molecule has 5 unspecified atom stereocenters. The molecule has 0 amide bonds. The molecular formula is C29H34N2O4. The molecule has 6 heteroatoms. The highest BCUT2D eigenvalue weighted by atomic mass is 16.7. The zero-order valence-corrected chi connectivity index (χ0v) is 19.9. The molecule has 0 aliphatic carbocycles. The van der Waals surface area contributed by atoms with Crippen molar-refractivity contribution in [3.63, 3.8) is 0 Å². The zero-order chi connectivity index (χ0) is 24.2. The lowest BCUT2D eigenvalue weighted by Gasteiger charge is -2.44. The number of nitrogens with two attached hydrogens (primary N) is 1. The van der Waals surface area contributed by atoms with E-state index >= 15 is 0 Å². The molecule has 3 aromatic rings. The van der Waals surface area contributed by atoms with Gasteiger partial charge in [-0.2, -0.15) is 0 Å². The first-order valence-corrected chi connectivity index (χ1v) is 12.4. The van der Waals surface area contributed by atoms with Gasteiger partial charge in [0.25, 0.3) is 0 Å². The summed E-state index contributed by atoms with van der Waals surface area (Å²) >= 11 is 0. The molecule has 4 N–H and O–H groups in total. The minimum absolute atomic E-state index is 0.00305. The van der Waals surface area contributed by atoms with E-state index in [0.29, 0.717) is 12.2 Å². The van der Waals surface area contributed by atoms with E-state index in [-0.39, 0.29) is 37.4 Å². The molecule has 5 rings (SSSR count). The second-order valence-corrected chi connectivity index (χ2v) is 9.54. The lowest BCUT2D eigenvalue weighted by Crippen LogP contribution is -2.46. The fourth-order valence-electron chi connectivity index (χ4n) is 5.44. The van der Waals surface area contributed by atoms with Crippen LogP contribution < -0.4 is 5.73 Å². The fourth-order valence-corrected chi connectivity index (χ4v) is 5.44. The van der Waals surface area contributed by atoms with Crippen molar-refractivity contribution in [2.24, 2.45) is 0 Å². The van der Waals surface area contributed by atoms with Crippen molar-refractivity contribution < 1.29 is 19.7 Å². The van der Waals surface area contributed by atoms with Crippen molar-refractivity contribution >= 4 is 5.69 Å². The molecule has 184 valence electrons. The number of rotatable bonds is 7. The van der Waals surface area contributed by atoms with E-state index in [9.17, 15) is 10.2 Å². The Morgan fingerprint density at radius 3 is 2.34 bits per heavy atom. The molecule has 0 radical (unpaired) electrons. The molecule has 3 aromatic carbocycles. The summed E-state index contributed by atoms with van der Waals surface area (Å²) in [7, 11) is 0. The maximum absolute atomic E-state index is 9.95. The normalized spacial score (nSPS) is 27.2. The number of hydrogen-bond acceptors (Lipinski definition) is 6. The lowest BCUT2D eigenvalue weighted by atomic mass is 9.83. The summed E-state index contributed by atoms with van der Waals surface area (Å²) in [5.74, 6) is -0.0478. The Bertz CT molecular complexity index is 1090. The quantitative estimate of drug-likeness (QED) is 0.446. The highest BCUT2D eigenvalue weighted by molar-refractivity contribution is 5.41. The maximum atomic E-state index is 9.95. The predicted octanol–water partition coefficient (Wildman–Crippen LogP) is 4.16. The Kier molecular flexibility index (Phi) is 7.46. The van der Waals surface area contributed by atoms with Crippen molar-refractivity contribution in [3.8, 4) is 0 Å². The van der Waals surface area contributed by atoms with Crippen LogP contribution in [-0.4, -0.2) is 47.0 Å². The van der Waals surface area contributed by atoms with Crippen LogP contribution in [-0.2, 0) is 16.1 Å². The molecule has 35 heavy (non-hydrogen) atoms. The first-order chi connectivity index (χ1) is 17.2. The van der Waals surface area contributed by atoms with Crippen molar-refractivity contribution in [2.45, 2.75) is 49.9 Å². The summed E-state index contributed by atoms with van der Waals surface area (Å²) in [5, 5.41) is 19.5. The average molecular weight is 475 g/mol. The van der Waals surface area contributed by atoms with Gasteiger partial charge in [-0.05, 0) is 48.2 Å². The third-order valence-electron chi connectivity index (χ3n) is 7.28. The number of hydrogen-bond donors (Lipinski definition) is 3. The summed E-state index contributed by atoms with van der Waals surface area (Å²) in [4.78, 5) is 2.36. The lowest BCUT2D eigenvalue weighted by molar-refractivity contribution is -0.264. The summed E-state index contributed by atoms with van der Waals surface area (Å²) in [5.41, 5.74) is 10.7. The van der Waals surface area contributed by atoms with Crippen LogP contribution in [0.15, 0.2) is 78.9 Å². The van der Waals surface area contributed by atoms with Gasteiger partial charge in [0.05, 0.1) is 25.4 Å². The van der Waals surface area contributed by atoms with Crippen LogP contribution in [0.2, 0.25) is 0 Å². The molecule has 0 bridgehead atoms. The number of aliphatic hydroxyl groups is 2. The van der Waals surface area contributed by atoms with E-state index in [1.165, 1.54) is 0 Å². The SMILES string of the molecule is Nc1cccc(C2OC(CN3CCCC3CO)C(c3ccccc3)C(c3ccc(CO)cc3)O2)c1. The molecule has 0 saturated carbocycles. The van der Waals surface area contributed by atoms with Crippen molar-refractivity contribution in [1.29, 1.82) is 0 Å². The van der Waals surface area contributed by atoms with Crippen LogP contribution in [0, 0.1) is 0 Å². The Labute approximate surface area is 206 Å². The van der Waals surface area contributed by atoms with Crippen molar-refractivity contribution in [3.05, 3.63) is 101 Å². The van der Waals surface area contributed by atoms with E-state index in [1.54, 1.807) is 0 Å². The number of anilines is 1. The molecule has 0 spiro atoms. The van der Waals surface area contributed by atoms with Gasteiger partial charge in [-0.25, -0.2) is 0 Å². The van der Waals surface area contributed by atoms with Crippen molar-refractivity contribution in [2.75, 3.05) is 25.4 Å². The van der Waals surface area contributed by atoms with Gasteiger partial charge in [-0.3, -0.25) is 4.90 Å². The molecule has 2 heterocycles. The number of nitrogen functional groups attached to an aromatic ring is 1. The Hall–Kier alpha value is -2.74. The topological polar surface area (TPSA) is 88.2 Å². The van der Waals surface area contributed by atoms with Gasteiger partial charge in [0.1, 0.15) is 0 Å². The molecule has 2 aliphatic rings. The van der Waals surface area contributed by atoms with Gasteiger partial charge in [0, 0.05) is 29.8 Å². The number of aliphatic hydroxyl groups excluding tert-OH is 2.